The molecule has 104 valence electrons. The van der Waals surface area contributed by atoms with Gasteiger partial charge in [0, 0.05) is 6.54 Å². The first-order chi connectivity index (χ1) is 10.2. The van der Waals surface area contributed by atoms with Gasteiger partial charge in [-0.25, -0.2) is 0 Å². The standard InChI is InChI=1S/C18H15NO2/c1-12-6-5-7-13(10-12)11-19-16-15(17(20)18(16)21)14-8-3-2-4-9-14/h2-10,19H,11H2,1H3. The quantitative estimate of drug-likeness (QED) is 0.746. The van der Waals surface area contributed by atoms with Crippen molar-refractivity contribution in [3.63, 3.8) is 0 Å². The largest absolute Gasteiger partial charge is 0.377 e. The van der Waals surface area contributed by atoms with Crippen molar-refractivity contribution in [3.05, 3.63) is 86.2 Å². The highest BCUT2D eigenvalue weighted by molar-refractivity contribution is 5.81. The van der Waals surface area contributed by atoms with Crippen LogP contribution in [0.5, 0.6) is 0 Å². The smallest absolute Gasteiger partial charge is 0.250 e. The molecule has 3 aromatic carbocycles. The number of anilines is 1. The topological polar surface area (TPSA) is 46.2 Å². The predicted molar refractivity (Wildman–Crippen MR) is 85.3 cm³/mol. The van der Waals surface area contributed by atoms with Gasteiger partial charge in [0.2, 0.25) is 10.9 Å². The molecule has 0 aliphatic carbocycles. The van der Waals surface area contributed by atoms with Crippen LogP contribution in [0.15, 0.2) is 64.2 Å². The SMILES string of the molecule is Cc1cccc(CNc2c(-c3ccccc3)c(=O)c2=O)c1. The summed E-state index contributed by atoms with van der Waals surface area (Å²) in [5.41, 5.74) is 3.12. The highest BCUT2D eigenvalue weighted by Gasteiger charge is 2.21. The number of hydrogen-bond acceptors (Lipinski definition) is 3. The number of rotatable bonds is 4. The molecule has 3 rings (SSSR count). The number of nitrogens with one attached hydrogen (secondary N) is 1. The molecular weight excluding hydrogens is 262 g/mol. The van der Waals surface area contributed by atoms with Crippen LogP contribution in [-0.2, 0) is 6.54 Å². The molecule has 1 N–H and O–H groups in total. The Morgan fingerprint density at radius 2 is 1.67 bits per heavy atom. The molecule has 3 heteroatoms. The Hall–Kier alpha value is -2.68. The van der Waals surface area contributed by atoms with Gasteiger partial charge in [0.1, 0.15) is 0 Å². The summed E-state index contributed by atoms with van der Waals surface area (Å²) in [6.45, 7) is 2.56. The van der Waals surface area contributed by atoms with Gasteiger partial charge in [-0.1, -0.05) is 60.2 Å². The summed E-state index contributed by atoms with van der Waals surface area (Å²) in [5.74, 6) is 0. The van der Waals surface area contributed by atoms with Gasteiger partial charge in [-0.05, 0) is 18.1 Å². The van der Waals surface area contributed by atoms with Gasteiger partial charge in [0.05, 0.1) is 11.3 Å². The molecule has 3 nitrogen and oxygen atoms in total. The minimum absolute atomic E-state index is 0.409. The van der Waals surface area contributed by atoms with Crippen molar-refractivity contribution in [2.75, 3.05) is 5.32 Å². The fraction of sp³-hybridized carbons (Fsp3) is 0.111. The number of hydrogen-bond donors (Lipinski definition) is 1. The molecule has 0 heterocycles. The maximum atomic E-state index is 11.8. The lowest BCUT2D eigenvalue weighted by molar-refractivity contribution is 1.12. The van der Waals surface area contributed by atoms with Crippen molar-refractivity contribution in [2.24, 2.45) is 0 Å². The molecule has 0 aliphatic rings. The van der Waals surface area contributed by atoms with Crippen LogP contribution in [0, 0.1) is 6.92 Å². The predicted octanol–water partition coefficient (Wildman–Crippen LogP) is 2.87. The Kier molecular flexibility index (Phi) is 3.40. The lowest BCUT2D eigenvalue weighted by Gasteiger charge is -2.13. The van der Waals surface area contributed by atoms with Crippen molar-refractivity contribution in [1.29, 1.82) is 0 Å². The third-order valence-electron chi connectivity index (χ3n) is 3.52. The van der Waals surface area contributed by atoms with E-state index in [0.29, 0.717) is 17.8 Å². The van der Waals surface area contributed by atoms with E-state index in [1.165, 1.54) is 5.56 Å². The van der Waals surface area contributed by atoms with E-state index >= 15 is 0 Å². The Morgan fingerprint density at radius 3 is 2.38 bits per heavy atom. The molecule has 0 amide bonds. The molecule has 0 spiro atoms. The molecular formula is C18H15NO2. The van der Waals surface area contributed by atoms with Crippen LogP contribution in [0.3, 0.4) is 0 Å². The first-order valence-electron chi connectivity index (χ1n) is 6.85. The summed E-state index contributed by atoms with van der Waals surface area (Å²) in [6, 6.07) is 17.3. The van der Waals surface area contributed by atoms with E-state index in [1.807, 2.05) is 55.5 Å². The second kappa shape index (κ2) is 5.37. The molecule has 0 saturated heterocycles. The summed E-state index contributed by atoms with van der Waals surface area (Å²) >= 11 is 0. The van der Waals surface area contributed by atoms with E-state index in [2.05, 4.69) is 11.4 Å². The minimum atomic E-state index is -0.429. The summed E-state index contributed by atoms with van der Waals surface area (Å²) in [5, 5.41) is 3.10. The summed E-state index contributed by atoms with van der Waals surface area (Å²) in [7, 11) is 0. The summed E-state index contributed by atoms with van der Waals surface area (Å²) < 4.78 is 0. The average Bonchev–Trinajstić information content (AvgIpc) is 2.51. The fourth-order valence-corrected chi connectivity index (χ4v) is 2.45. The Morgan fingerprint density at radius 1 is 0.905 bits per heavy atom. The molecule has 0 aliphatic heterocycles. The maximum absolute atomic E-state index is 11.8. The van der Waals surface area contributed by atoms with Crippen LogP contribution < -0.4 is 16.2 Å². The molecule has 0 fully saturated rings. The van der Waals surface area contributed by atoms with Gasteiger partial charge >= 0.3 is 0 Å². The van der Waals surface area contributed by atoms with Crippen molar-refractivity contribution in [1.82, 2.24) is 0 Å². The van der Waals surface area contributed by atoms with Crippen LogP contribution in [0.25, 0.3) is 11.1 Å². The highest BCUT2D eigenvalue weighted by atomic mass is 16.2. The molecule has 0 saturated carbocycles. The van der Waals surface area contributed by atoms with E-state index in [4.69, 9.17) is 0 Å². The van der Waals surface area contributed by atoms with Gasteiger partial charge in [-0.3, -0.25) is 9.59 Å². The maximum Gasteiger partial charge on any atom is 0.250 e. The average molecular weight is 277 g/mol. The van der Waals surface area contributed by atoms with Crippen molar-refractivity contribution < 1.29 is 0 Å². The summed E-state index contributed by atoms with van der Waals surface area (Å²) in [6.07, 6.45) is 0. The molecule has 0 unspecified atom stereocenters. The lowest BCUT2D eigenvalue weighted by Crippen LogP contribution is -2.36. The van der Waals surface area contributed by atoms with Crippen LogP contribution in [-0.4, -0.2) is 0 Å². The number of aryl methyl sites for hydroxylation is 1. The van der Waals surface area contributed by atoms with Crippen molar-refractivity contribution >= 4 is 5.69 Å². The van der Waals surface area contributed by atoms with E-state index < -0.39 is 10.9 Å². The van der Waals surface area contributed by atoms with E-state index in [1.54, 1.807) is 0 Å². The lowest BCUT2D eigenvalue weighted by atomic mass is 9.98. The zero-order valence-corrected chi connectivity index (χ0v) is 11.7. The third kappa shape index (κ3) is 2.50. The Labute approximate surface area is 122 Å². The molecule has 0 aromatic heterocycles. The zero-order chi connectivity index (χ0) is 14.8. The van der Waals surface area contributed by atoms with Crippen LogP contribution >= 0.6 is 0 Å². The molecule has 0 atom stereocenters. The second-order valence-electron chi connectivity index (χ2n) is 5.12. The van der Waals surface area contributed by atoms with Crippen molar-refractivity contribution in [3.8, 4) is 11.1 Å². The van der Waals surface area contributed by atoms with Gasteiger partial charge in [-0.2, -0.15) is 0 Å². The first-order valence-corrected chi connectivity index (χ1v) is 6.85. The first kappa shape index (κ1) is 13.3. The van der Waals surface area contributed by atoms with E-state index in [0.717, 1.165) is 11.1 Å². The third-order valence-corrected chi connectivity index (χ3v) is 3.52. The molecule has 0 radical (unpaired) electrons. The van der Waals surface area contributed by atoms with E-state index in [9.17, 15) is 9.59 Å². The molecule has 21 heavy (non-hydrogen) atoms. The van der Waals surface area contributed by atoms with Crippen LogP contribution in [0.2, 0.25) is 0 Å². The normalized spacial score (nSPS) is 10.7. The van der Waals surface area contributed by atoms with Gasteiger partial charge in [-0.15, -0.1) is 0 Å². The number of benzene rings is 2. The van der Waals surface area contributed by atoms with Gasteiger partial charge in [0.15, 0.2) is 0 Å². The summed E-state index contributed by atoms with van der Waals surface area (Å²) in [4.78, 5) is 23.6. The highest BCUT2D eigenvalue weighted by Crippen LogP contribution is 2.23. The van der Waals surface area contributed by atoms with Crippen LogP contribution in [0.4, 0.5) is 5.69 Å². The fourth-order valence-electron chi connectivity index (χ4n) is 2.45. The monoisotopic (exact) mass is 277 g/mol. The van der Waals surface area contributed by atoms with E-state index in [-0.39, 0.29) is 0 Å². The Balaban J connectivity index is 1.86. The second-order valence-corrected chi connectivity index (χ2v) is 5.12. The Bertz CT molecular complexity index is 843. The molecule has 3 aromatic rings. The van der Waals surface area contributed by atoms with Gasteiger partial charge < -0.3 is 5.32 Å². The van der Waals surface area contributed by atoms with Gasteiger partial charge in [0.25, 0.3) is 0 Å². The van der Waals surface area contributed by atoms with Crippen molar-refractivity contribution in [2.45, 2.75) is 13.5 Å². The van der Waals surface area contributed by atoms with Crippen LogP contribution in [0.1, 0.15) is 11.1 Å². The molecule has 0 bridgehead atoms. The zero-order valence-electron chi connectivity index (χ0n) is 11.7. The minimum Gasteiger partial charge on any atom is -0.377 e.